The Morgan fingerprint density at radius 3 is 2.58 bits per heavy atom. The normalized spacial score (nSPS) is 17.8. The van der Waals surface area contributed by atoms with E-state index in [1.165, 1.54) is 22.4 Å². The van der Waals surface area contributed by atoms with Crippen molar-refractivity contribution in [2.24, 2.45) is 11.1 Å². The van der Waals surface area contributed by atoms with Crippen LogP contribution in [-0.2, 0) is 24.1 Å². The van der Waals surface area contributed by atoms with Crippen LogP contribution >= 0.6 is 0 Å². The van der Waals surface area contributed by atoms with Crippen LogP contribution in [-0.4, -0.2) is 19.0 Å². The van der Waals surface area contributed by atoms with Crippen molar-refractivity contribution in [2.75, 3.05) is 18.0 Å². The Morgan fingerprint density at radius 1 is 1.21 bits per heavy atom. The smallest absolute Gasteiger partial charge is 0.227 e. The molecule has 19 heavy (non-hydrogen) atoms. The molecule has 0 unspecified atom stereocenters. The largest absolute Gasteiger partial charge is 0.330 e. The van der Waals surface area contributed by atoms with Gasteiger partial charge in [0.15, 0.2) is 0 Å². The molecule has 102 valence electrons. The van der Waals surface area contributed by atoms with E-state index in [2.05, 4.69) is 26.0 Å². The zero-order valence-corrected chi connectivity index (χ0v) is 11.8. The van der Waals surface area contributed by atoms with Gasteiger partial charge in [-0.05, 0) is 47.9 Å². The molecule has 0 atom stereocenters. The number of carbonyl (C=O) groups is 1. The van der Waals surface area contributed by atoms with Gasteiger partial charge in [-0.3, -0.25) is 4.79 Å². The Labute approximate surface area is 114 Å². The second-order valence-corrected chi connectivity index (χ2v) is 6.60. The zero-order valence-electron chi connectivity index (χ0n) is 11.8. The van der Waals surface area contributed by atoms with E-state index < -0.39 is 0 Å². The summed E-state index contributed by atoms with van der Waals surface area (Å²) in [5.74, 6) is 0.293. The molecule has 3 nitrogen and oxygen atoms in total. The van der Waals surface area contributed by atoms with Gasteiger partial charge in [-0.2, -0.15) is 0 Å². The van der Waals surface area contributed by atoms with Crippen molar-refractivity contribution in [3.8, 4) is 0 Å². The quantitative estimate of drug-likeness (QED) is 0.902. The van der Waals surface area contributed by atoms with Crippen molar-refractivity contribution in [3.63, 3.8) is 0 Å². The second kappa shape index (κ2) is 4.34. The van der Waals surface area contributed by atoms with Crippen LogP contribution in [0.1, 0.15) is 37.0 Å². The third kappa shape index (κ3) is 2.16. The maximum atomic E-state index is 11.9. The van der Waals surface area contributed by atoms with Crippen molar-refractivity contribution in [3.05, 3.63) is 28.8 Å². The monoisotopic (exact) mass is 258 g/mol. The first kappa shape index (κ1) is 12.7. The van der Waals surface area contributed by atoms with Crippen molar-refractivity contribution in [2.45, 2.75) is 39.5 Å². The highest BCUT2D eigenvalue weighted by Crippen LogP contribution is 2.38. The summed E-state index contributed by atoms with van der Waals surface area (Å²) < 4.78 is 0. The van der Waals surface area contributed by atoms with Crippen LogP contribution in [0.5, 0.6) is 0 Å². The average Bonchev–Trinajstić information content (AvgIpc) is 2.79. The molecule has 2 aliphatic rings. The predicted octanol–water partition coefficient (Wildman–Crippen LogP) is 2.05. The fourth-order valence-corrected chi connectivity index (χ4v) is 3.26. The van der Waals surface area contributed by atoms with Crippen LogP contribution < -0.4 is 10.6 Å². The molecule has 1 amide bonds. The van der Waals surface area contributed by atoms with Gasteiger partial charge in [0.05, 0.1) is 5.69 Å². The number of nitrogens with two attached hydrogens (primary N) is 1. The van der Waals surface area contributed by atoms with E-state index in [0.717, 1.165) is 25.8 Å². The number of benzene rings is 1. The third-order valence-electron chi connectivity index (χ3n) is 4.35. The van der Waals surface area contributed by atoms with Crippen LogP contribution in [0, 0.1) is 5.41 Å². The van der Waals surface area contributed by atoms with E-state index in [1.807, 2.05) is 4.90 Å². The summed E-state index contributed by atoms with van der Waals surface area (Å²) in [6, 6.07) is 4.58. The molecule has 2 N–H and O–H groups in total. The number of carbonyl (C=O) groups excluding carboxylic acids is 1. The minimum atomic E-state index is 0.143. The van der Waals surface area contributed by atoms with Gasteiger partial charge in [0.2, 0.25) is 5.91 Å². The number of rotatable bonds is 3. The van der Waals surface area contributed by atoms with Gasteiger partial charge in [-0.15, -0.1) is 0 Å². The molecule has 2 aliphatic heterocycles. The summed E-state index contributed by atoms with van der Waals surface area (Å²) in [7, 11) is 0. The Bertz CT molecular complexity index is 534. The average molecular weight is 258 g/mol. The van der Waals surface area contributed by atoms with Gasteiger partial charge in [-0.25, -0.2) is 0 Å². The molecule has 0 saturated heterocycles. The molecule has 1 aromatic rings. The lowest BCUT2D eigenvalue weighted by molar-refractivity contribution is -0.118. The molecule has 0 bridgehead atoms. The lowest BCUT2D eigenvalue weighted by atomic mass is 9.84. The number of aryl methyl sites for hydroxylation is 1. The molecule has 0 aromatic heterocycles. The van der Waals surface area contributed by atoms with E-state index in [0.29, 0.717) is 18.9 Å². The first-order valence-corrected chi connectivity index (χ1v) is 7.15. The Balaban J connectivity index is 1.98. The van der Waals surface area contributed by atoms with Crippen LogP contribution in [0.4, 0.5) is 5.69 Å². The van der Waals surface area contributed by atoms with Gasteiger partial charge >= 0.3 is 0 Å². The van der Waals surface area contributed by atoms with Crippen molar-refractivity contribution in [1.82, 2.24) is 0 Å². The van der Waals surface area contributed by atoms with Crippen LogP contribution in [0.2, 0.25) is 0 Å². The van der Waals surface area contributed by atoms with E-state index in [-0.39, 0.29) is 5.41 Å². The van der Waals surface area contributed by atoms with Crippen molar-refractivity contribution in [1.29, 1.82) is 0 Å². The Morgan fingerprint density at radius 2 is 1.89 bits per heavy atom. The molecule has 0 aliphatic carbocycles. The van der Waals surface area contributed by atoms with Gasteiger partial charge in [0, 0.05) is 13.0 Å². The predicted molar refractivity (Wildman–Crippen MR) is 77.4 cm³/mol. The van der Waals surface area contributed by atoms with Crippen LogP contribution in [0.3, 0.4) is 0 Å². The highest BCUT2D eigenvalue weighted by Gasteiger charge is 2.31. The topological polar surface area (TPSA) is 46.3 Å². The Kier molecular flexibility index (Phi) is 2.90. The van der Waals surface area contributed by atoms with E-state index >= 15 is 0 Å². The maximum Gasteiger partial charge on any atom is 0.227 e. The summed E-state index contributed by atoms with van der Waals surface area (Å²) in [4.78, 5) is 13.9. The fourth-order valence-electron chi connectivity index (χ4n) is 3.26. The molecule has 3 rings (SSSR count). The van der Waals surface area contributed by atoms with E-state index in [4.69, 9.17) is 5.73 Å². The lowest BCUT2D eigenvalue weighted by Crippen LogP contribution is -2.33. The second-order valence-electron chi connectivity index (χ2n) is 6.60. The SMILES string of the molecule is CC(C)(CN)Cc1cc2c3c(c1)CCN3C(=O)CC2. The molecule has 3 heteroatoms. The highest BCUT2D eigenvalue weighted by atomic mass is 16.2. The summed E-state index contributed by atoms with van der Waals surface area (Å²) in [6.07, 6.45) is 3.58. The maximum absolute atomic E-state index is 11.9. The summed E-state index contributed by atoms with van der Waals surface area (Å²) in [5, 5.41) is 0. The molecule has 0 spiro atoms. The van der Waals surface area contributed by atoms with Gasteiger partial charge in [0.1, 0.15) is 0 Å². The molecule has 1 aromatic carbocycles. The Hall–Kier alpha value is -1.35. The lowest BCUT2D eigenvalue weighted by Gasteiger charge is -2.27. The number of hydrogen-bond donors (Lipinski definition) is 1. The third-order valence-corrected chi connectivity index (χ3v) is 4.35. The van der Waals surface area contributed by atoms with Gasteiger partial charge in [0.25, 0.3) is 0 Å². The molecule has 0 radical (unpaired) electrons. The minimum absolute atomic E-state index is 0.143. The molecule has 0 saturated carbocycles. The molecule has 0 fully saturated rings. The standard InChI is InChI=1S/C16H22N2O/c1-16(2,10-17)9-11-7-12-3-4-14(19)18-6-5-13(8-11)15(12)18/h7-8H,3-6,9-10,17H2,1-2H3. The van der Waals surface area contributed by atoms with E-state index in [9.17, 15) is 4.79 Å². The van der Waals surface area contributed by atoms with Gasteiger partial charge in [-0.1, -0.05) is 26.0 Å². The summed E-state index contributed by atoms with van der Waals surface area (Å²) in [5.41, 5.74) is 11.3. The first-order chi connectivity index (χ1) is 9.00. The van der Waals surface area contributed by atoms with E-state index in [1.54, 1.807) is 0 Å². The van der Waals surface area contributed by atoms with Crippen LogP contribution in [0.25, 0.3) is 0 Å². The van der Waals surface area contributed by atoms with Gasteiger partial charge < -0.3 is 10.6 Å². The van der Waals surface area contributed by atoms with Crippen LogP contribution in [0.15, 0.2) is 12.1 Å². The van der Waals surface area contributed by atoms with Crippen molar-refractivity contribution < 1.29 is 4.79 Å². The zero-order chi connectivity index (χ0) is 13.6. The minimum Gasteiger partial charge on any atom is -0.330 e. The summed E-state index contributed by atoms with van der Waals surface area (Å²) in [6.45, 7) is 5.98. The number of nitrogens with zero attached hydrogens (tertiary/aromatic N) is 1. The number of hydrogen-bond acceptors (Lipinski definition) is 2. The first-order valence-electron chi connectivity index (χ1n) is 7.15. The number of anilines is 1. The highest BCUT2D eigenvalue weighted by molar-refractivity contribution is 5.98. The summed E-state index contributed by atoms with van der Waals surface area (Å²) >= 11 is 0. The molecular weight excluding hydrogens is 236 g/mol. The van der Waals surface area contributed by atoms with Crippen molar-refractivity contribution >= 4 is 11.6 Å². The fraction of sp³-hybridized carbons (Fsp3) is 0.562. The number of amides is 1. The molecule has 2 heterocycles. The molecular formula is C16H22N2O.